The van der Waals surface area contributed by atoms with Gasteiger partial charge in [-0.25, -0.2) is 0 Å². The highest BCUT2D eigenvalue weighted by molar-refractivity contribution is 5.53. The first-order valence-electron chi connectivity index (χ1n) is 8.34. The fourth-order valence-corrected chi connectivity index (χ4v) is 3.37. The lowest BCUT2D eigenvalue weighted by Gasteiger charge is -2.40. The van der Waals surface area contributed by atoms with E-state index in [0.717, 1.165) is 43.3 Å². The Morgan fingerprint density at radius 2 is 1.60 bits per heavy atom. The molecule has 136 valence electrons. The maximum atomic E-state index is 12.3. The number of anilines is 2. The molecule has 1 aliphatic heterocycles. The van der Waals surface area contributed by atoms with Gasteiger partial charge in [0.05, 0.1) is 0 Å². The number of nitrogen functional groups attached to an aromatic ring is 1. The Hall–Kier alpha value is -2.31. The molecule has 25 heavy (non-hydrogen) atoms. The number of rotatable bonds is 3. The molecule has 1 atom stereocenters. The summed E-state index contributed by atoms with van der Waals surface area (Å²) < 4.78 is 41.1. The van der Waals surface area contributed by atoms with E-state index < -0.39 is 6.36 Å². The molecule has 2 N–H and O–H groups in total. The van der Waals surface area contributed by atoms with E-state index in [1.807, 2.05) is 31.2 Å². The smallest absolute Gasteiger partial charge is 0.410 e. The van der Waals surface area contributed by atoms with Crippen LogP contribution < -0.4 is 10.6 Å². The van der Waals surface area contributed by atoms with Crippen molar-refractivity contribution in [1.29, 1.82) is 0 Å². The molecule has 0 aromatic heterocycles. The van der Waals surface area contributed by atoms with E-state index in [0.29, 0.717) is 0 Å². The predicted molar refractivity (Wildman–Crippen MR) is 91.7 cm³/mol. The minimum atomic E-state index is -4.62. The van der Waals surface area contributed by atoms with Gasteiger partial charge in [-0.2, -0.15) is 0 Å². The van der Waals surface area contributed by atoms with E-state index >= 15 is 0 Å². The fourth-order valence-electron chi connectivity index (χ4n) is 3.37. The number of hydrogen-bond acceptors (Lipinski definition) is 4. The van der Waals surface area contributed by atoms with Gasteiger partial charge < -0.3 is 20.3 Å². The standard InChI is InChI=1S/C18H22F3N3O/c1-13-12-16(25-18(19,20)21)6-7-17(13)24-10-8-23(9-11-24)15-4-2-14(22)3-5-15/h2-7,13H,8-12,22H2,1H3. The van der Waals surface area contributed by atoms with Crippen molar-refractivity contribution >= 4 is 11.4 Å². The Morgan fingerprint density at radius 3 is 2.16 bits per heavy atom. The first-order chi connectivity index (χ1) is 11.8. The zero-order chi connectivity index (χ0) is 18.0. The molecule has 0 spiro atoms. The summed E-state index contributed by atoms with van der Waals surface area (Å²) >= 11 is 0. The van der Waals surface area contributed by atoms with Crippen molar-refractivity contribution in [3.8, 4) is 0 Å². The molecule has 0 amide bonds. The number of nitrogens with zero attached hydrogens (tertiary/aromatic N) is 2. The number of alkyl halides is 3. The number of piperazine rings is 1. The monoisotopic (exact) mass is 353 g/mol. The summed E-state index contributed by atoms with van der Waals surface area (Å²) in [6.07, 6.45) is -1.16. The summed E-state index contributed by atoms with van der Waals surface area (Å²) in [7, 11) is 0. The third-order valence-electron chi connectivity index (χ3n) is 4.60. The number of ether oxygens (including phenoxy) is 1. The van der Waals surface area contributed by atoms with E-state index in [9.17, 15) is 13.2 Å². The Kier molecular flexibility index (Phi) is 4.83. The van der Waals surface area contributed by atoms with Crippen molar-refractivity contribution in [1.82, 2.24) is 4.90 Å². The zero-order valence-electron chi connectivity index (χ0n) is 14.1. The molecule has 1 aliphatic carbocycles. The van der Waals surface area contributed by atoms with Crippen LogP contribution in [0.1, 0.15) is 13.3 Å². The quantitative estimate of drug-likeness (QED) is 0.841. The number of benzene rings is 1. The van der Waals surface area contributed by atoms with Gasteiger partial charge in [-0.15, -0.1) is 13.2 Å². The maximum Gasteiger partial charge on any atom is 0.572 e. The topological polar surface area (TPSA) is 41.7 Å². The molecule has 1 aromatic carbocycles. The van der Waals surface area contributed by atoms with Crippen molar-refractivity contribution in [3.63, 3.8) is 0 Å². The van der Waals surface area contributed by atoms with Gasteiger partial charge in [0.2, 0.25) is 0 Å². The van der Waals surface area contributed by atoms with Gasteiger partial charge in [0.1, 0.15) is 5.76 Å². The van der Waals surface area contributed by atoms with Crippen LogP contribution in [0.5, 0.6) is 0 Å². The van der Waals surface area contributed by atoms with E-state index in [1.165, 1.54) is 6.08 Å². The predicted octanol–water partition coefficient (Wildman–Crippen LogP) is 3.73. The van der Waals surface area contributed by atoms with Crippen LogP contribution in [0.25, 0.3) is 0 Å². The lowest BCUT2D eigenvalue weighted by molar-refractivity contribution is -0.306. The summed E-state index contributed by atoms with van der Waals surface area (Å²) in [5, 5.41) is 0. The van der Waals surface area contributed by atoms with E-state index in [2.05, 4.69) is 14.5 Å². The molecular weight excluding hydrogens is 331 g/mol. The minimum Gasteiger partial charge on any atom is -0.410 e. The molecule has 1 heterocycles. The number of halogens is 3. The molecule has 0 radical (unpaired) electrons. The van der Waals surface area contributed by atoms with Crippen molar-refractivity contribution in [2.75, 3.05) is 36.8 Å². The van der Waals surface area contributed by atoms with Crippen LogP contribution in [0.4, 0.5) is 24.5 Å². The van der Waals surface area contributed by atoms with Crippen LogP contribution in [0, 0.1) is 5.92 Å². The van der Waals surface area contributed by atoms with Gasteiger partial charge >= 0.3 is 6.36 Å². The van der Waals surface area contributed by atoms with Gasteiger partial charge in [0.15, 0.2) is 0 Å². The molecule has 1 saturated heterocycles. The largest absolute Gasteiger partial charge is 0.572 e. The average Bonchev–Trinajstić information content (AvgIpc) is 2.54. The van der Waals surface area contributed by atoms with E-state index in [1.54, 1.807) is 6.08 Å². The number of hydrogen-bond donors (Lipinski definition) is 1. The SMILES string of the molecule is CC1CC(OC(F)(F)F)=CC=C1N1CCN(c2ccc(N)cc2)CC1. The van der Waals surface area contributed by atoms with Gasteiger partial charge in [0, 0.05) is 55.6 Å². The molecule has 3 rings (SSSR count). The fraction of sp³-hybridized carbons (Fsp3) is 0.444. The molecule has 1 unspecified atom stereocenters. The zero-order valence-corrected chi connectivity index (χ0v) is 14.1. The molecule has 4 nitrogen and oxygen atoms in total. The number of allylic oxidation sites excluding steroid dienone is 4. The van der Waals surface area contributed by atoms with Crippen LogP contribution in [-0.4, -0.2) is 37.4 Å². The number of nitrogens with two attached hydrogens (primary N) is 1. The first kappa shape index (κ1) is 17.5. The highest BCUT2D eigenvalue weighted by Gasteiger charge is 2.34. The van der Waals surface area contributed by atoms with Gasteiger partial charge in [-0.1, -0.05) is 6.92 Å². The summed E-state index contributed by atoms with van der Waals surface area (Å²) in [6, 6.07) is 7.80. The van der Waals surface area contributed by atoms with E-state index in [4.69, 9.17) is 5.73 Å². The lowest BCUT2D eigenvalue weighted by Crippen LogP contribution is -2.47. The maximum absolute atomic E-state index is 12.3. The second-order valence-corrected chi connectivity index (χ2v) is 6.44. The van der Waals surface area contributed by atoms with Crippen molar-refractivity contribution in [2.24, 2.45) is 5.92 Å². The van der Waals surface area contributed by atoms with Crippen molar-refractivity contribution < 1.29 is 17.9 Å². The van der Waals surface area contributed by atoms with Crippen molar-refractivity contribution in [3.05, 3.63) is 47.9 Å². The third-order valence-corrected chi connectivity index (χ3v) is 4.60. The normalized spacial score (nSPS) is 21.7. The molecular formula is C18H22F3N3O. The highest BCUT2D eigenvalue weighted by atomic mass is 19.4. The molecule has 1 fully saturated rings. The van der Waals surface area contributed by atoms with E-state index in [-0.39, 0.29) is 18.1 Å². The Labute approximate surface area is 145 Å². The first-order valence-corrected chi connectivity index (χ1v) is 8.34. The third kappa shape index (κ3) is 4.41. The molecule has 1 aromatic rings. The Morgan fingerprint density at radius 1 is 1.00 bits per heavy atom. The summed E-state index contributed by atoms with van der Waals surface area (Å²) in [6.45, 7) is 5.34. The summed E-state index contributed by atoms with van der Waals surface area (Å²) in [5.74, 6) is -0.0188. The lowest BCUT2D eigenvalue weighted by atomic mass is 9.96. The van der Waals surface area contributed by atoms with Crippen molar-refractivity contribution in [2.45, 2.75) is 19.7 Å². The molecule has 0 saturated carbocycles. The summed E-state index contributed by atoms with van der Waals surface area (Å²) in [4.78, 5) is 4.54. The summed E-state index contributed by atoms with van der Waals surface area (Å²) in [5.41, 5.74) is 8.68. The average molecular weight is 353 g/mol. The Balaban J connectivity index is 1.61. The second kappa shape index (κ2) is 6.90. The van der Waals surface area contributed by atoms with Gasteiger partial charge in [-0.05, 0) is 36.4 Å². The molecule has 7 heteroatoms. The molecule has 0 bridgehead atoms. The molecule has 2 aliphatic rings. The second-order valence-electron chi connectivity index (χ2n) is 6.44. The van der Waals surface area contributed by atoms with Crippen LogP contribution in [0.2, 0.25) is 0 Å². The van der Waals surface area contributed by atoms with Crippen LogP contribution in [0.15, 0.2) is 47.9 Å². The van der Waals surface area contributed by atoms with Crippen LogP contribution in [-0.2, 0) is 4.74 Å². The van der Waals surface area contributed by atoms with Gasteiger partial charge in [0.25, 0.3) is 0 Å². The minimum absolute atomic E-state index is 0.00502. The van der Waals surface area contributed by atoms with Crippen LogP contribution in [0.3, 0.4) is 0 Å². The van der Waals surface area contributed by atoms with Gasteiger partial charge in [-0.3, -0.25) is 0 Å². The highest BCUT2D eigenvalue weighted by Crippen LogP contribution is 2.32. The Bertz CT molecular complexity index is 659. The van der Waals surface area contributed by atoms with Crippen LogP contribution >= 0.6 is 0 Å².